The molecule has 0 saturated carbocycles. The van der Waals surface area contributed by atoms with Gasteiger partial charge in [-0.3, -0.25) is 4.79 Å². The molecule has 1 fully saturated rings. The molecule has 2 aromatic rings. The van der Waals surface area contributed by atoms with Crippen molar-refractivity contribution in [3.05, 3.63) is 36.0 Å². The Kier molecular flexibility index (Phi) is 6.81. The van der Waals surface area contributed by atoms with Crippen molar-refractivity contribution in [2.75, 3.05) is 69.2 Å². The Labute approximate surface area is 190 Å². The number of anilines is 4. The SMILES string of the molecule is Cc1cc(OCCN(C)C)ccc1Nc1cc2c(cn1)N(C)CC(=O)N2C1CCOCC1. The second-order valence-corrected chi connectivity index (χ2v) is 8.78. The molecule has 1 saturated heterocycles. The summed E-state index contributed by atoms with van der Waals surface area (Å²) in [5.41, 5.74) is 3.92. The number of carbonyl (C=O) groups is 1. The largest absolute Gasteiger partial charge is 0.492 e. The molecule has 8 heteroatoms. The fourth-order valence-electron chi connectivity index (χ4n) is 4.19. The average Bonchev–Trinajstić information content (AvgIpc) is 2.76. The van der Waals surface area contributed by atoms with Crippen molar-refractivity contribution in [2.45, 2.75) is 25.8 Å². The van der Waals surface area contributed by atoms with Gasteiger partial charge in [0.2, 0.25) is 5.91 Å². The molecule has 2 aliphatic heterocycles. The Balaban J connectivity index is 1.54. The van der Waals surface area contributed by atoms with Crippen LogP contribution in [0.15, 0.2) is 30.5 Å². The van der Waals surface area contributed by atoms with E-state index in [0.29, 0.717) is 32.2 Å². The van der Waals surface area contributed by atoms with E-state index >= 15 is 0 Å². The predicted octanol–water partition coefficient (Wildman–Crippen LogP) is 3.04. The molecule has 0 bridgehead atoms. The minimum atomic E-state index is 0.124. The van der Waals surface area contributed by atoms with E-state index in [9.17, 15) is 4.79 Å². The number of hydrogen-bond acceptors (Lipinski definition) is 7. The van der Waals surface area contributed by atoms with Crippen molar-refractivity contribution in [1.29, 1.82) is 0 Å². The van der Waals surface area contributed by atoms with Gasteiger partial charge >= 0.3 is 0 Å². The summed E-state index contributed by atoms with van der Waals surface area (Å²) in [6.07, 6.45) is 3.56. The second-order valence-electron chi connectivity index (χ2n) is 8.78. The van der Waals surface area contributed by atoms with Gasteiger partial charge in [0.25, 0.3) is 0 Å². The summed E-state index contributed by atoms with van der Waals surface area (Å²) in [5.74, 6) is 1.69. The maximum absolute atomic E-state index is 12.9. The van der Waals surface area contributed by atoms with Gasteiger partial charge in [-0.1, -0.05) is 0 Å². The van der Waals surface area contributed by atoms with Gasteiger partial charge in [0, 0.05) is 44.6 Å². The lowest BCUT2D eigenvalue weighted by molar-refractivity contribution is -0.118. The molecule has 172 valence electrons. The number of carbonyl (C=O) groups excluding carboxylic acids is 1. The van der Waals surface area contributed by atoms with E-state index in [1.54, 1.807) is 0 Å². The van der Waals surface area contributed by atoms with Crippen molar-refractivity contribution >= 4 is 28.8 Å². The number of fused-ring (bicyclic) bond motifs is 1. The van der Waals surface area contributed by atoms with E-state index in [1.165, 1.54) is 0 Å². The van der Waals surface area contributed by atoms with Gasteiger partial charge in [0.1, 0.15) is 18.2 Å². The number of pyridine rings is 1. The van der Waals surface area contributed by atoms with E-state index in [0.717, 1.165) is 47.8 Å². The van der Waals surface area contributed by atoms with Crippen molar-refractivity contribution < 1.29 is 14.3 Å². The first-order chi connectivity index (χ1) is 15.4. The maximum Gasteiger partial charge on any atom is 0.246 e. The summed E-state index contributed by atoms with van der Waals surface area (Å²) >= 11 is 0. The summed E-state index contributed by atoms with van der Waals surface area (Å²) in [7, 11) is 6.00. The highest BCUT2D eigenvalue weighted by Crippen LogP contribution is 2.37. The second kappa shape index (κ2) is 9.75. The van der Waals surface area contributed by atoms with E-state index < -0.39 is 0 Å². The smallest absolute Gasteiger partial charge is 0.246 e. The van der Waals surface area contributed by atoms with Gasteiger partial charge in [0.05, 0.1) is 24.1 Å². The third-order valence-corrected chi connectivity index (χ3v) is 6.00. The molecule has 32 heavy (non-hydrogen) atoms. The summed E-state index contributed by atoms with van der Waals surface area (Å²) in [6, 6.07) is 8.16. The molecular formula is C24H33N5O3. The number of rotatable bonds is 7. The lowest BCUT2D eigenvalue weighted by Gasteiger charge is -2.41. The minimum Gasteiger partial charge on any atom is -0.492 e. The van der Waals surface area contributed by atoms with Gasteiger partial charge in [-0.25, -0.2) is 4.98 Å². The molecule has 0 aliphatic carbocycles. The number of ether oxygens (including phenoxy) is 2. The van der Waals surface area contributed by atoms with Crippen LogP contribution in [0.1, 0.15) is 18.4 Å². The maximum atomic E-state index is 12.9. The van der Waals surface area contributed by atoms with Crippen molar-refractivity contribution in [1.82, 2.24) is 9.88 Å². The van der Waals surface area contributed by atoms with Crippen molar-refractivity contribution in [3.63, 3.8) is 0 Å². The number of hydrogen-bond donors (Lipinski definition) is 1. The molecule has 1 N–H and O–H groups in total. The Morgan fingerprint density at radius 3 is 2.72 bits per heavy atom. The molecular weight excluding hydrogens is 406 g/mol. The van der Waals surface area contributed by atoms with Gasteiger partial charge in [0.15, 0.2) is 0 Å². The predicted molar refractivity (Wildman–Crippen MR) is 127 cm³/mol. The lowest BCUT2D eigenvalue weighted by atomic mass is 10.0. The number of benzene rings is 1. The van der Waals surface area contributed by atoms with Crippen LogP contribution in [0.25, 0.3) is 0 Å². The Hall–Kier alpha value is -2.84. The van der Waals surface area contributed by atoms with Crippen LogP contribution in [-0.2, 0) is 9.53 Å². The molecule has 1 aromatic carbocycles. The number of aromatic nitrogens is 1. The van der Waals surface area contributed by atoms with Gasteiger partial charge in [-0.15, -0.1) is 0 Å². The van der Waals surface area contributed by atoms with Crippen LogP contribution in [-0.4, -0.2) is 75.9 Å². The summed E-state index contributed by atoms with van der Waals surface area (Å²) in [5, 5.41) is 3.42. The highest BCUT2D eigenvalue weighted by molar-refractivity contribution is 6.04. The highest BCUT2D eigenvalue weighted by Gasteiger charge is 2.34. The fraction of sp³-hybridized carbons (Fsp3) is 0.500. The molecule has 0 radical (unpaired) electrons. The summed E-state index contributed by atoms with van der Waals surface area (Å²) in [6.45, 7) is 5.32. The first-order valence-electron chi connectivity index (χ1n) is 11.2. The van der Waals surface area contributed by atoms with Crippen LogP contribution in [0.4, 0.5) is 22.9 Å². The third-order valence-electron chi connectivity index (χ3n) is 6.00. The van der Waals surface area contributed by atoms with Crippen LogP contribution in [0, 0.1) is 6.92 Å². The molecule has 8 nitrogen and oxygen atoms in total. The van der Waals surface area contributed by atoms with Crippen LogP contribution in [0.3, 0.4) is 0 Å². The van der Waals surface area contributed by atoms with Crippen LogP contribution in [0.2, 0.25) is 0 Å². The molecule has 1 amide bonds. The number of amides is 1. The fourth-order valence-corrected chi connectivity index (χ4v) is 4.19. The van der Waals surface area contributed by atoms with E-state index in [4.69, 9.17) is 9.47 Å². The van der Waals surface area contributed by atoms with Gasteiger partial charge in [-0.05, 0) is 57.6 Å². The Morgan fingerprint density at radius 1 is 1.22 bits per heavy atom. The standard InChI is InChI=1S/C24H33N5O3/c1-17-13-19(32-12-9-27(2)3)5-6-20(17)26-23-14-21-22(15-25-23)28(4)16-24(30)29(21)18-7-10-31-11-8-18/h5-6,13-15,18H,7-12,16H2,1-4H3,(H,25,26). The lowest BCUT2D eigenvalue weighted by Crippen LogP contribution is -2.51. The van der Waals surface area contributed by atoms with E-state index in [1.807, 2.05) is 68.3 Å². The molecule has 2 aliphatic rings. The highest BCUT2D eigenvalue weighted by atomic mass is 16.5. The van der Waals surface area contributed by atoms with Crippen LogP contribution < -0.4 is 19.9 Å². The Bertz CT molecular complexity index is 959. The first-order valence-corrected chi connectivity index (χ1v) is 11.2. The van der Waals surface area contributed by atoms with Crippen molar-refractivity contribution in [3.8, 4) is 5.75 Å². The monoisotopic (exact) mass is 439 g/mol. The quantitative estimate of drug-likeness (QED) is 0.711. The number of likely N-dealkylation sites (N-methyl/N-ethyl adjacent to an activating group) is 2. The topological polar surface area (TPSA) is 70.2 Å². The summed E-state index contributed by atoms with van der Waals surface area (Å²) < 4.78 is 11.3. The molecule has 4 rings (SSSR count). The average molecular weight is 440 g/mol. The van der Waals surface area contributed by atoms with E-state index in [-0.39, 0.29) is 11.9 Å². The number of nitrogens with one attached hydrogen (secondary N) is 1. The first kappa shape index (κ1) is 22.4. The molecule has 1 aromatic heterocycles. The van der Waals surface area contributed by atoms with Gasteiger partial charge < -0.3 is 29.5 Å². The molecule has 0 spiro atoms. The van der Waals surface area contributed by atoms with Crippen LogP contribution in [0.5, 0.6) is 5.75 Å². The molecule has 3 heterocycles. The normalized spacial score (nSPS) is 17.0. The van der Waals surface area contributed by atoms with Crippen LogP contribution >= 0.6 is 0 Å². The minimum absolute atomic E-state index is 0.124. The van der Waals surface area contributed by atoms with Crippen molar-refractivity contribution in [2.24, 2.45) is 0 Å². The summed E-state index contributed by atoms with van der Waals surface area (Å²) in [4.78, 5) is 23.6. The molecule has 0 unspecified atom stereocenters. The molecule has 0 atom stereocenters. The van der Waals surface area contributed by atoms with Gasteiger partial charge in [-0.2, -0.15) is 0 Å². The zero-order valence-corrected chi connectivity index (χ0v) is 19.4. The Morgan fingerprint density at radius 2 is 2.00 bits per heavy atom. The zero-order valence-electron chi connectivity index (χ0n) is 19.4. The van der Waals surface area contributed by atoms with E-state index in [2.05, 4.69) is 15.2 Å². The number of aryl methyl sites for hydroxylation is 1. The zero-order chi connectivity index (χ0) is 22.7. The third kappa shape index (κ3) is 4.97. The number of nitrogens with zero attached hydrogens (tertiary/aromatic N) is 4.